The summed E-state index contributed by atoms with van der Waals surface area (Å²) in [5.41, 5.74) is 3.09. The first-order valence-corrected chi connectivity index (χ1v) is 6.45. The fourth-order valence-corrected chi connectivity index (χ4v) is 2.78. The molecule has 92 valence electrons. The van der Waals surface area contributed by atoms with Crippen LogP contribution in [0.2, 0.25) is 0 Å². The van der Waals surface area contributed by atoms with E-state index < -0.39 is 0 Å². The maximum Gasteiger partial charge on any atom is 0.129 e. The number of thiazole rings is 1. The number of nitriles is 1. The van der Waals surface area contributed by atoms with E-state index in [0.29, 0.717) is 6.42 Å². The van der Waals surface area contributed by atoms with Crippen LogP contribution in [0.4, 0.5) is 0 Å². The molecule has 1 heterocycles. The highest BCUT2D eigenvalue weighted by Crippen LogP contribution is 2.35. The number of nitrogens with zero attached hydrogens (tertiary/aromatic N) is 2. The summed E-state index contributed by atoms with van der Waals surface area (Å²) in [5.74, 6) is 0.817. The van der Waals surface area contributed by atoms with Crippen molar-refractivity contribution in [3.05, 3.63) is 34.3 Å². The van der Waals surface area contributed by atoms with E-state index in [4.69, 9.17) is 10.00 Å². The van der Waals surface area contributed by atoms with Crippen molar-refractivity contribution in [3.63, 3.8) is 0 Å². The molecule has 0 atom stereocenters. The lowest BCUT2D eigenvalue weighted by atomic mass is 10.1. The highest BCUT2D eigenvalue weighted by Gasteiger charge is 2.13. The SMILES string of the molecule is COc1ccc(C)cc1-c1nc(C)c(CC#N)s1. The minimum absolute atomic E-state index is 0.414. The zero-order valence-corrected chi connectivity index (χ0v) is 11.5. The molecule has 0 aliphatic rings. The smallest absolute Gasteiger partial charge is 0.129 e. The molecule has 0 spiro atoms. The molecule has 0 fully saturated rings. The molecule has 1 aromatic heterocycles. The summed E-state index contributed by atoms with van der Waals surface area (Å²) in [5, 5.41) is 9.69. The van der Waals surface area contributed by atoms with E-state index in [-0.39, 0.29) is 0 Å². The van der Waals surface area contributed by atoms with Gasteiger partial charge < -0.3 is 4.74 Å². The monoisotopic (exact) mass is 258 g/mol. The van der Waals surface area contributed by atoms with Crippen LogP contribution in [0.5, 0.6) is 5.75 Å². The summed E-state index contributed by atoms with van der Waals surface area (Å²) in [4.78, 5) is 5.56. The largest absolute Gasteiger partial charge is 0.496 e. The first kappa shape index (κ1) is 12.6. The predicted molar refractivity (Wildman–Crippen MR) is 72.9 cm³/mol. The number of benzene rings is 1. The minimum atomic E-state index is 0.414. The summed E-state index contributed by atoms with van der Waals surface area (Å²) < 4.78 is 5.37. The van der Waals surface area contributed by atoms with Crippen LogP contribution in [0, 0.1) is 25.2 Å². The first-order valence-electron chi connectivity index (χ1n) is 5.64. The third-order valence-electron chi connectivity index (χ3n) is 2.72. The molecule has 0 amide bonds. The van der Waals surface area contributed by atoms with Gasteiger partial charge in [0.25, 0.3) is 0 Å². The van der Waals surface area contributed by atoms with Gasteiger partial charge in [0.2, 0.25) is 0 Å². The lowest BCUT2D eigenvalue weighted by molar-refractivity contribution is 0.416. The van der Waals surface area contributed by atoms with Crippen LogP contribution in [0.3, 0.4) is 0 Å². The van der Waals surface area contributed by atoms with Gasteiger partial charge in [-0.1, -0.05) is 11.6 Å². The quantitative estimate of drug-likeness (QED) is 0.846. The van der Waals surface area contributed by atoms with Crippen molar-refractivity contribution in [1.29, 1.82) is 5.26 Å². The molecule has 1 aromatic carbocycles. The van der Waals surface area contributed by atoms with E-state index in [1.807, 2.05) is 26.0 Å². The van der Waals surface area contributed by atoms with Crippen molar-refractivity contribution in [1.82, 2.24) is 4.98 Å². The Bertz CT molecular complexity index is 611. The lowest BCUT2D eigenvalue weighted by Crippen LogP contribution is -1.88. The Balaban J connectivity index is 2.51. The van der Waals surface area contributed by atoms with Crippen molar-refractivity contribution >= 4 is 11.3 Å². The third kappa shape index (κ3) is 2.36. The average molecular weight is 258 g/mol. The van der Waals surface area contributed by atoms with Crippen LogP contribution in [-0.2, 0) is 6.42 Å². The van der Waals surface area contributed by atoms with Crippen molar-refractivity contribution in [3.8, 4) is 22.4 Å². The van der Waals surface area contributed by atoms with Gasteiger partial charge in [-0.3, -0.25) is 0 Å². The van der Waals surface area contributed by atoms with Gasteiger partial charge in [-0.15, -0.1) is 11.3 Å². The molecule has 0 aliphatic carbocycles. The van der Waals surface area contributed by atoms with Crippen LogP contribution in [0.15, 0.2) is 18.2 Å². The standard InChI is InChI=1S/C14H14N2OS/c1-9-4-5-12(17-3)11(8-9)14-16-10(2)13(18-14)6-7-15/h4-5,8H,6H2,1-3H3. The zero-order valence-electron chi connectivity index (χ0n) is 10.7. The van der Waals surface area contributed by atoms with Gasteiger partial charge in [-0.25, -0.2) is 4.98 Å². The molecule has 0 radical (unpaired) electrons. The van der Waals surface area contributed by atoms with Gasteiger partial charge >= 0.3 is 0 Å². The van der Waals surface area contributed by atoms with Gasteiger partial charge in [-0.2, -0.15) is 5.26 Å². The van der Waals surface area contributed by atoms with Crippen molar-refractivity contribution < 1.29 is 4.74 Å². The molecular weight excluding hydrogens is 244 g/mol. The molecule has 0 bridgehead atoms. The highest BCUT2D eigenvalue weighted by molar-refractivity contribution is 7.15. The number of rotatable bonds is 3. The maximum absolute atomic E-state index is 8.77. The fourth-order valence-electron chi connectivity index (χ4n) is 1.77. The number of methoxy groups -OCH3 is 1. The maximum atomic E-state index is 8.77. The number of ether oxygens (including phenoxy) is 1. The molecule has 2 aromatic rings. The number of hydrogen-bond donors (Lipinski definition) is 0. The molecular formula is C14H14N2OS. The molecule has 0 unspecified atom stereocenters. The summed E-state index contributed by atoms with van der Waals surface area (Å²) in [6.07, 6.45) is 0.414. The molecule has 18 heavy (non-hydrogen) atoms. The summed E-state index contributed by atoms with van der Waals surface area (Å²) in [6, 6.07) is 8.19. The van der Waals surface area contributed by atoms with E-state index in [2.05, 4.69) is 17.1 Å². The van der Waals surface area contributed by atoms with Crippen LogP contribution in [0.25, 0.3) is 10.6 Å². The van der Waals surface area contributed by atoms with Gasteiger partial charge in [0.1, 0.15) is 10.8 Å². The van der Waals surface area contributed by atoms with E-state index in [1.165, 1.54) is 5.56 Å². The summed E-state index contributed by atoms with van der Waals surface area (Å²) >= 11 is 1.56. The Morgan fingerprint density at radius 2 is 2.17 bits per heavy atom. The molecule has 4 heteroatoms. The Morgan fingerprint density at radius 1 is 1.39 bits per heavy atom. The second-order valence-corrected chi connectivity index (χ2v) is 5.15. The number of aryl methyl sites for hydroxylation is 2. The molecule has 0 N–H and O–H groups in total. The Kier molecular flexibility index (Phi) is 3.63. The number of hydrogen-bond acceptors (Lipinski definition) is 4. The van der Waals surface area contributed by atoms with Gasteiger partial charge in [0.15, 0.2) is 0 Å². The molecule has 0 saturated carbocycles. The summed E-state index contributed by atoms with van der Waals surface area (Å²) in [6.45, 7) is 3.98. The highest BCUT2D eigenvalue weighted by atomic mass is 32.1. The Hall–Kier alpha value is -1.86. The van der Waals surface area contributed by atoms with Crippen LogP contribution < -0.4 is 4.74 Å². The van der Waals surface area contributed by atoms with Crippen molar-refractivity contribution in [2.75, 3.05) is 7.11 Å². The Labute approximate surface area is 111 Å². The minimum Gasteiger partial charge on any atom is -0.496 e. The van der Waals surface area contributed by atoms with Crippen LogP contribution in [-0.4, -0.2) is 12.1 Å². The van der Waals surface area contributed by atoms with E-state index >= 15 is 0 Å². The predicted octanol–water partition coefficient (Wildman–Crippen LogP) is 3.50. The van der Waals surface area contributed by atoms with Gasteiger partial charge in [-0.05, 0) is 26.0 Å². The van der Waals surface area contributed by atoms with E-state index in [9.17, 15) is 0 Å². The normalized spacial score (nSPS) is 10.1. The lowest BCUT2D eigenvalue weighted by Gasteiger charge is -2.06. The van der Waals surface area contributed by atoms with Crippen molar-refractivity contribution in [2.24, 2.45) is 0 Å². The second kappa shape index (κ2) is 5.19. The first-order chi connectivity index (χ1) is 8.65. The van der Waals surface area contributed by atoms with Crippen molar-refractivity contribution in [2.45, 2.75) is 20.3 Å². The average Bonchev–Trinajstić information content (AvgIpc) is 2.71. The molecule has 0 aliphatic heterocycles. The third-order valence-corrected chi connectivity index (χ3v) is 3.91. The van der Waals surface area contributed by atoms with E-state index in [0.717, 1.165) is 26.9 Å². The van der Waals surface area contributed by atoms with Gasteiger partial charge in [0, 0.05) is 4.88 Å². The Morgan fingerprint density at radius 3 is 2.83 bits per heavy atom. The fraction of sp³-hybridized carbons (Fsp3) is 0.286. The molecule has 3 nitrogen and oxygen atoms in total. The molecule has 0 saturated heterocycles. The summed E-state index contributed by atoms with van der Waals surface area (Å²) in [7, 11) is 1.66. The van der Waals surface area contributed by atoms with Gasteiger partial charge in [0.05, 0.1) is 30.9 Å². The second-order valence-electron chi connectivity index (χ2n) is 4.07. The molecule has 2 rings (SSSR count). The topological polar surface area (TPSA) is 45.9 Å². The van der Waals surface area contributed by atoms with E-state index in [1.54, 1.807) is 18.4 Å². The number of aromatic nitrogens is 1. The van der Waals surface area contributed by atoms with Crippen LogP contribution in [0.1, 0.15) is 16.1 Å². The van der Waals surface area contributed by atoms with Crippen LogP contribution >= 0.6 is 11.3 Å². The zero-order chi connectivity index (χ0) is 13.1.